The van der Waals surface area contributed by atoms with E-state index in [0.717, 1.165) is 6.42 Å². The van der Waals surface area contributed by atoms with Crippen molar-refractivity contribution in [2.45, 2.75) is 31.5 Å². The second-order valence-electron chi connectivity index (χ2n) is 4.61. The molecule has 1 amide bonds. The van der Waals surface area contributed by atoms with Crippen LogP contribution >= 0.6 is 0 Å². The summed E-state index contributed by atoms with van der Waals surface area (Å²) in [6.07, 6.45) is -3.10. The van der Waals surface area contributed by atoms with Crippen LogP contribution in [0.1, 0.15) is 19.3 Å². The third-order valence-electron chi connectivity index (χ3n) is 3.61. The Balaban J connectivity index is 1.98. The van der Waals surface area contributed by atoms with Crippen LogP contribution in [0, 0.1) is 17.8 Å². The van der Waals surface area contributed by atoms with Gasteiger partial charge in [-0.25, -0.2) is 0 Å². The maximum absolute atomic E-state index is 12.1. The Morgan fingerprint density at radius 1 is 1.24 bits per heavy atom. The van der Waals surface area contributed by atoms with E-state index in [9.17, 15) is 22.8 Å². The number of carbonyl (C=O) groups is 2. The molecule has 2 fully saturated rings. The van der Waals surface area contributed by atoms with Crippen LogP contribution in [0.3, 0.4) is 0 Å². The van der Waals surface area contributed by atoms with Gasteiger partial charge in [-0.15, -0.1) is 0 Å². The Bertz CT molecular complexity index is 355. The molecule has 4 unspecified atom stereocenters. The summed E-state index contributed by atoms with van der Waals surface area (Å²) in [6, 6.07) is -0.649. The number of carboxylic acids is 1. The maximum atomic E-state index is 12.1. The fourth-order valence-corrected chi connectivity index (χ4v) is 2.85. The average molecular weight is 251 g/mol. The minimum atomic E-state index is -4.90. The van der Waals surface area contributed by atoms with Crippen molar-refractivity contribution >= 4 is 11.9 Å². The van der Waals surface area contributed by atoms with Crippen LogP contribution in [0.25, 0.3) is 0 Å². The fourth-order valence-electron chi connectivity index (χ4n) is 2.85. The van der Waals surface area contributed by atoms with Gasteiger partial charge in [-0.2, -0.15) is 13.2 Å². The molecule has 0 aromatic heterocycles. The number of hydrogen-bond acceptors (Lipinski definition) is 2. The van der Waals surface area contributed by atoms with Crippen LogP contribution < -0.4 is 5.32 Å². The highest BCUT2D eigenvalue weighted by molar-refractivity contribution is 5.82. The van der Waals surface area contributed by atoms with Crippen molar-refractivity contribution in [1.29, 1.82) is 0 Å². The molecule has 2 aliphatic carbocycles. The number of aliphatic carboxylic acids is 1. The molecule has 0 saturated heterocycles. The van der Waals surface area contributed by atoms with Crippen molar-refractivity contribution in [1.82, 2.24) is 5.32 Å². The number of alkyl halides is 3. The number of carbonyl (C=O) groups excluding carboxylic acids is 1. The lowest BCUT2D eigenvalue weighted by Gasteiger charge is -2.22. The molecule has 2 rings (SSSR count). The van der Waals surface area contributed by atoms with Crippen molar-refractivity contribution in [2.75, 3.05) is 0 Å². The minimum Gasteiger partial charge on any atom is -0.481 e. The summed E-state index contributed by atoms with van der Waals surface area (Å²) in [7, 11) is 0. The zero-order valence-electron chi connectivity index (χ0n) is 8.83. The van der Waals surface area contributed by atoms with E-state index < -0.39 is 30.0 Å². The number of carboxylic acid groups (broad SMARTS) is 1. The summed E-state index contributed by atoms with van der Waals surface area (Å²) >= 11 is 0. The van der Waals surface area contributed by atoms with E-state index >= 15 is 0 Å². The first kappa shape index (κ1) is 12.2. The molecular formula is C10H12F3NO3. The number of halogens is 3. The zero-order chi connectivity index (χ0) is 12.8. The highest BCUT2D eigenvalue weighted by Gasteiger charge is 2.60. The smallest absolute Gasteiger partial charge is 0.471 e. The molecule has 0 radical (unpaired) electrons. The number of fused-ring (bicyclic) bond motifs is 1. The molecule has 2 aliphatic rings. The number of hydrogen-bond donors (Lipinski definition) is 2. The molecule has 7 heteroatoms. The predicted molar refractivity (Wildman–Crippen MR) is 49.9 cm³/mol. The van der Waals surface area contributed by atoms with Crippen LogP contribution in [0.2, 0.25) is 0 Å². The largest absolute Gasteiger partial charge is 0.481 e. The van der Waals surface area contributed by atoms with Crippen LogP contribution in [0.5, 0.6) is 0 Å². The van der Waals surface area contributed by atoms with Gasteiger partial charge >= 0.3 is 18.1 Å². The molecule has 0 bridgehead atoms. The van der Waals surface area contributed by atoms with E-state index in [2.05, 4.69) is 0 Å². The van der Waals surface area contributed by atoms with Gasteiger partial charge in [0.15, 0.2) is 0 Å². The number of nitrogens with one attached hydrogen (secondary N) is 1. The van der Waals surface area contributed by atoms with Gasteiger partial charge in [0.2, 0.25) is 0 Å². The van der Waals surface area contributed by atoms with Gasteiger partial charge in [0, 0.05) is 6.04 Å². The van der Waals surface area contributed by atoms with E-state index in [1.165, 1.54) is 0 Å². The Labute approximate surface area is 95.2 Å². The molecular weight excluding hydrogens is 239 g/mol. The quantitative estimate of drug-likeness (QED) is 0.774. The second-order valence-corrected chi connectivity index (χ2v) is 4.61. The molecule has 17 heavy (non-hydrogen) atoms. The molecule has 0 aromatic rings. The first-order valence-corrected chi connectivity index (χ1v) is 5.43. The van der Waals surface area contributed by atoms with E-state index in [0.29, 0.717) is 12.8 Å². The summed E-state index contributed by atoms with van der Waals surface area (Å²) in [5, 5.41) is 10.8. The van der Waals surface area contributed by atoms with Crippen molar-refractivity contribution in [3.63, 3.8) is 0 Å². The van der Waals surface area contributed by atoms with Crippen molar-refractivity contribution < 1.29 is 27.9 Å². The molecule has 0 heterocycles. The minimum absolute atomic E-state index is 0.0696. The van der Waals surface area contributed by atoms with Gasteiger partial charge in [-0.3, -0.25) is 9.59 Å². The van der Waals surface area contributed by atoms with Gasteiger partial charge in [-0.05, 0) is 24.7 Å². The lowest BCUT2D eigenvalue weighted by molar-refractivity contribution is -0.174. The van der Waals surface area contributed by atoms with Crippen molar-refractivity contribution in [2.24, 2.45) is 17.8 Å². The van der Waals surface area contributed by atoms with E-state index in [1.807, 2.05) is 5.32 Å². The lowest BCUT2D eigenvalue weighted by Crippen LogP contribution is -2.45. The summed E-state index contributed by atoms with van der Waals surface area (Å²) < 4.78 is 36.2. The summed E-state index contributed by atoms with van der Waals surface area (Å²) in [6.45, 7) is 0. The van der Waals surface area contributed by atoms with E-state index in [-0.39, 0.29) is 11.8 Å². The van der Waals surface area contributed by atoms with Crippen molar-refractivity contribution in [3.8, 4) is 0 Å². The third-order valence-corrected chi connectivity index (χ3v) is 3.61. The van der Waals surface area contributed by atoms with E-state index in [4.69, 9.17) is 5.11 Å². The Hall–Kier alpha value is -1.27. The molecule has 0 spiro atoms. The molecule has 0 aliphatic heterocycles. The zero-order valence-corrected chi connectivity index (χ0v) is 8.83. The van der Waals surface area contributed by atoms with Gasteiger partial charge in [-0.1, -0.05) is 6.42 Å². The van der Waals surface area contributed by atoms with Gasteiger partial charge < -0.3 is 10.4 Å². The highest BCUT2D eigenvalue weighted by atomic mass is 19.4. The van der Waals surface area contributed by atoms with E-state index in [1.54, 1.807) is 0 Å². The summed E-state index contributed by atoms with van der Waals surface area (Å²) in [5.74, 6) is -3.93. The maximum Gasteiger partial charge on any atom is 0.471 e. The normalized spacial score (nSPS) is 35.9. The Morgan fingerprint density at radius 2 is 1.88 bits per heavy atom. The monoisotopic (exact) mass is 251 g/mol. The predicted octanol–water partition coefficient (Wildman–Crippen LogP) is 1.16. The van der Waals surface area contributed by atoms with Crippen LogP contribution in [0.4, 0.5) is 13.2 Å². The lowest BCUT2D eigenvalue weighted by atomic mass is 9.95. The summed E-state index contributed by atoms with van der Waals surface area (Å²) in [4.78, 5) is 21.6. The topological polar surface area (TPSA) is 66.4 Å². The standard InChI is InChI=1S/C10H12F3NO3/c11-10(12,13)9(17)14-5-3-1-2-4-6(5)7(4)8(15)16/h4-7H,1-3H2,(H,14,17)(H,15,16). The van der Waals surface area contributed by atoms with Gasteiger partial charge in [0.1, 0.15) is 0 Å². The van der Waals surface area contributed by atoms with Crippen LogP contribution in [-0.2, 0) is 9.59 Å². The first-order chi connectivity index (χ1) is 7.82. The molecule has 4 atom stereocenters. The Morgan fingerprint density at radius 3 is 2.41 bits per heavy atom. The molecule has 2 N–H and O–H groups in total. The third kappa shape index (κ3) is 2.23. The first-order valence-electron chi connectivity index (χ1n) is 5.43. The summed E-state index contributed by atoms with van der Waals surface area (Å²) in [5.41, 5.74) is 0. The number of amides is 1. The van der Waals surface area contributed by atoms with Crippen molar-refractivity contribution in [3.05, 3.63) is 0 Å². The van der Waals surface area contributed by atoms with Gasteiger partial charge in [0.25, 0.3) is 0 Å². The second kappa shape index (κ2) is 3.89. The molecule has 4 nitrogen and oxygen atoms in total. The number of rotatable bonds is 2. The molecule has 2 saturated carbocycles. The van der Waals surface area contributed by atoms with Gasteiger partial charge in [0.05, 0.1) is 5.92 Å². The van der Waals surface area contributed by atoms with Crippen LogP contribution in [0.15, 0.2) is 0 Å². The fraction of sp³-hybridized carbons (Fsp3) is 0.800. The molecule has 0 aromatic carbocycles. The Kier molecular flexibility index (Phi) is 2.79. The molecule has 96 valence electrons. The average Bonchev–Trinajstić information content (AvgIpc) is 2.91. The van der Waals surface area contributed by atoms with Crippen LogP contribution in [-0.4, -0.2) is 29.2 Å². The highest BCUT2D eigenvalue weighted by Crippen LogP contribution is 2.55. The SMILES string of the molecule is O=C(O)C1C2CCCC(NC(=O)C(F)(F)F)C21.